The van der Waals surface area contributed by atoms with Crippen molar-refractivity contribution in [2.75, 3.05) is 0 Å². The van der Waals surface area contributed by atoms with E-state index in [0.29, 0.717) is 17.7 Å². The average molecular weight is 398 g/mol. The van der Waals surface area contributed by atoms with Gasteiger partial charge in [0.2, 0.25) is 0 Å². The van der Waals surface area contributed by atoms with Crippen LogP contribution in [0.2, 0.25) is 0 Å². The van der Waals surface area contributed by atoms with Crippen LogP contribution in [0.3, 0.4) is 0 Å². The summed E-state index contributed by atoms with van der Waals surface area (Å²) in [6.45, 7) is 0.323. The number of fused-ring (bicyclic) bond motifs is 1. The highest BCUT2D eigenvalue weighted by molar-refractivity contribution is 9.10. The van der Waals surface area contributed by atoms with E-state index < -0.39 is 17.6 Å². The first-order chi connectivity index (χ1) is 11.4. The van der Waals surface area contributed by atoms with Gasteiger partial charge < -0.3 is 9.84 Å². The molecule has 1 N–H and O–H groups in total. The molecule has 3 rings (SSSR count). The van der Waals surface area contributed by atoms with Crippen molar-refractivity contribution in [2.24, 2.45) is 0 Å². The molecule has 0 aliphatic carbocycles. The van der Waals surface area contributed by atoms with Gasteiger partial charge in [0.1, 0.15) is 12.4 Å². The van der Waals surface area contributed by atoms with Crippen LogP contribution in [0, 0.1) is 0 Å². The Morgan fingerprint density at radius 1 is 1.08 bits per heavy atom. The lowest BCUT2D eigenvalue weighted by Crippen LogP contribution is -2.09. The summed E-state index contributed by atoms with van der Waals surface area (Å²) < 4.78 is 44.2. The van der Waals surface area contributed by atoms with Gasteiger partial charge in [0.25, 0.3) is 0 Å². The zero-order chi connectivity index (χ0) is 17.3. The maximum Gasteiger partial charge on any atom is 0.437 e. The average Bonchev–Trinajstić information content (AvgIpc) is 2.56. The van der Waals surface area contributed by atoms with Crippen LogP contribution < -0.4 is 4.74 Å². The number of ether oxygens (including phenoxy) is 1. The molecule has 0 amide bonds. The summed E-state index contributed by atoms with van der Waals surface area (Å²) in [4.78, 5) is 3.51. The Hall–Kier alpha value is -2.28. The van der Waals surface area contributed by atoms with E-state index in [1.807, 2.05) is 30.3 Å². The molecule has 0 radical (unpaired) electrons. The summed E-state index contributed by atoms with van der Waals surface area (Å²) in [5.74, 6) is -0.469. The second-order valence-electron chi connectivity index (χ2n) is 5.07. The van der Waals surface area contributed by atoms with Gasteiger partial charge in [-0.25, -0.2) is 4.98 Å². The lowest BCUT2D eigenvalue weighted by atomic mass is 10.1. The topological polar surface area (TPSA) is 42.4 Å². The highest BCUT2D eigenvalue weighted by atomic mass is 79.9. The van der Waals surface area contributed by atoms with Crippen LogP contribution in [0.1, 0.15) is 11.3 Å². The summed E-state index contributed by atoms with van der Waals surface area (Å²) in [6.07, 6.45) is -4.73. The fraction of sp³-hybridized carbons (Fsp3) is 0.118. The van der Waals surface area contributed by atoms with Crippen molar-refractivity contribution in [3.8, 4) is 11.5 Å². The number of hydrogen-bond donors (Lipinski definition) is 1. The minimum Gasteiger partial charge on any atom is -0.505 e. The van der Waals surface area contributed by atoms with E-state index in [-0.39, 0.29) is 9.99 Å². The number of benzene rings is 2. The molecule has 2 aromatic carbocycles. The molecule has 7 heteroatoms. The molecule has 0 aliphatic rings. The minimum absolute atomic E-state index is 0.0648. The second-order valence-corrected chi connectivity index (χ2v) is 5.87. The van der Waals surface area contributed by atoms with Gasteiger partial charge in [-0.15, -0.1) is 0 Å². The third-order valence-corrected chi connectivity index (χ3v) is 4.19. The van der Waals surface area contributed by atoms with Crippen LogP contribution in [0.4, 0.5) is 13.2 Å². The molecule has 0 aliphatic heterocycles. The maximum atomic E-state index is 12.9. The molecule has 0 unspecified atom stereocenters. The first-order valence-electron chi connectivity index (χ1n) is 6.92. The van der Waals surface area contributed by atoms with Crippen LogP contribution in [-0.2, 0) is 12.8 Å². The Balaban J connectivity index is 1.95. The van der Waals surface area contributed by atoms with E-state index in [9.17, 15) is 18.3 Å². The van der Waals surface area contributed by atoms with Crippen molar-refractivity contribution in [1.29, 1.82) is 0 Å². The monoisotopic (exact) mass is 397 g/mol. The van der Waals surface area contributed by atoms with Gasteiger partial charge in [0.15, 0.2) is 11.4 Å². The third kappa shape index (κ3) is 3.31. The Kier molecular flexibility index (Phi) is 4.36. The Morgan fingerprint density at radius 2 is 1.79 bits per heavy atom. The van der Waals surface area contributed by atoms with Crippen molar-refractivity contribution in [1.82, 2.24) is 4.98 Å². The molecule has 3 aromatic rings. The summed E-state index contributed by atoms with van der Waals surface area (Å²) in [5.41, 5.74) is -0.246. The van der Waals surface area contributed by atoms with Gasteiger partial charge in [-0.05, 0) is 39.7 Å². The zero-order valence-electron chi connectivity index (χ0n) is 12.1. The predicted molar refractivity (Wildman–Crippen MR) is 86.9 cm³/mol. The Morgan fingerprint density at radius 3 is 2.46 bits per heavy atom. The molecule has 0 saturated heterocycles. The van der Waals surface area contributed by atoms with Crippen LogP contribution in [0.5, 0.6) is 11.5 Å². The fourth-order valence-corrected chi connectivity index (χ4v) is 2.73. The van der Waals surface area contributed by atoms with Crippen LogP contribution >= 0.6 is 15.9 Å². The molecule has 3 nitrogen and oxygen atoms in total. The molecule has 0 atom stereocenters. The van der Waals surface area contributed by atoms with Crippen molar-refractivity contribution in [2.45, 2.75) is 12.8 Å². The SMILES string of the molecule is Oc1c(C(F)(F)F)nc2ccc(OCc3ccccc3)cc2c1Br. The van der Waals surface area contributed by atoms with Gasteiger partial charge in [0, 0.05) is 5.39 Å². The number of aromatic nitrogens is 1. The maximum absolute atomic E-state index is 12.9. The summed E-state index contributed by atoms with van der Waals surface area (Å²) >= 11 is 3.01. The van der Waals surface area contributed by atoms with Gasteiger partial charge in [-0.1, -0.05) is 30.3 Å². The highest BCUT2D eigenvalue weighted by Crippen LogP contribution is 2.42. The molecule has 124 valence electrons. The molecule has 0 spiro atoms. The van der Waals surface area contributed by atoms with E-state index in [2.05, 4.69) is 20.9 Å². The molecular weight excluding hydrogens is 387 g/mol. The lowest BCUT2D eigenvalue weighted by molar-refractivity contribution is -0.142. The minimum atomic E-state index is -4.73. The Bertz CT molecular complexity index is 882. The number of hydrogen-bond acceptors (Lipinski definition) is 3. The molecule has 0 bridgehead atoms. The first kappa shape index (κ1) is 16.6. The predicted octanol–water partition coefficient (Wildman–Crippen LogP) is 5.30. The molecule has 24 heavy (non-hydrogen) atoms. The highest BCUT2D eigenvalue weighted by Gasteiger charge is 2.37. The normalized spacial score (nSPS) is 11.7. The third-order valence-electron chi connectivity index (χ3n) is 3.39. The number of rotatable bonds is 3. The van der Waals surface area contributed by atoms with Crippen molar-refractivity contribution in [3.05, 3.63) is 64.3 Å². The van der Waals surface area contributed by atoms with Crippen LogP contribution in [0.25, 0.3) is 10.9 Å². The summed E-state index contributed by atoms with van der Waals surface area (Å²) in [7, 11) is 0. The number of alkyl halides is 3. The molecular formula is C17H11BrF3NO2. The van der Waals surface area contributed by atoms with Crippen LogP contribution in [-0.4, -0.2) is 10.1 Å². The number of halogens is 4. The second kappa shape index (κ2) is 6.32. The van der Waals surface area contributed by atoms with E-state index >= 15 is 0 Å². The molecule has 1 heterocycles. The standard InChI is InChI=1S/C17H11BrF3NO2/c18-14-12-8-11(24-9-10-4-2-1-3-5-10)6-7-13(12)22-16(15(14)23)17(19,20)21/h1-8,23H,9H2. The number of pyridine rings is 1. The van der Waals surface area contributed by atoms with E-state index in [1.54, 1.807) is 6.07 Å². The van der Waals surface area contributed by atoms with Crippen molar-refractivity contribution < 1.29 is 23.0 Å². The summed E-state index contributed by atoms with van der Waals surface area (Å²) in [5, 5.41) is 10.1. The van der Waals surface area contributed by atoms with E-state index in [0.717, 1.165) is 5.56 Å². The van der Waals surface area contributed by atoms with Gasteiger partial charge in [-0.2, -0.15) is 13.2 Å². The zero-order valence-corrected chi connectivity index (χ0v) is 13.7. The van der Waals surface area contributed by atoms with Gasteiger partial charge >= 0.3 is 6.18 Å². The van der Waals surface area contributed by atoms with E-state index in [1.165, 1.54) is 12.1 Å². The first-order valence-corrected chi connectivity index (χ1v) is 7.71. The van der Waals surface area contributed by atoms with Gasteiger partial charge in [0.05, 0.1) is 9.99 Å². The Labute approximate surface area is 143 Å². The van der Waals surface area contributed by atoms with Crippen LogP contribution in [0.15, 0.2) is 53.0 Å². The van der Waals surface area contributed by atoms with Crippen molar-refractivity contribution >= 4 is 26.8 Å². The summed E-state index contributed by atoms with van der Waals surface area (Å²) in [6, 6.07) is 14.0. The molecule has 0 fully saturated rings. The number of aromatic hydroxyl groups is 1. The largest absolute Gasteiger partial charge is 0.505 e. The van der Waals surface area contributed by atoms with Gasteiger partial charge in [-0.3, -0.25) is 0 Å². The van der Waals surface area contributed by atoms with E-state index in [4.69, 9.17) is 4.74 Å². The van der Waals surface area contributed by atoms with Crippen molar-refractivity contribution in [3.63, 3.8) is 0 Å². The lowest BCUT2D eigenvalue weighted by Gasteiger charge is -2.13. The fourth-order valence-electron chi connectivity index (χ4n) is 2.22. The number of nitrogens with zero attached hydrogens (tertiary/aromatic N) is 1. The molecule has 1 aromatic heterocycles. The quantitative estimate of drug-likeness (QED) is 0.651. The molecule has 0 saturated carbocycles. The smallest absolute Gasteiger partial charge is 0.437 e.